The topological polar surface area (TPSA) is 21.3 Å². The first-order chi connectivity index (χ1) is 7.39. The normalized spacial score (nSPS) is 17.6. The predicted molar refractivity (Wildman–Crippen MR) is 71.4 cm³/mol. The first-order valence-corrected chi connectivity index (χ1v) is 6.45. The average molecular weight is 284 g/mol. The van der Waals surface area contributed by atoms with Crippen molar-refractivity contribution in [3.05, 3.63) is 22.2 Å². The Morgan fingerprint density at radius 1 is 1.38 bits per heavy atom. The van der Waals surface area contributed by atoms with E-state index in [1.54, 1.807) is 0 Å². The third-order valence-electron chi connectivity index (χ3n) is 2.82. The van der Waals surface area contributed by atoms with Crippen LogP contribution < -0.4 is 10.1 Å². The Kier molecular flexibility index (Phi) is 2.91. The van der Waals surface area contributed by atoms with Crippen LogP contribution in [-0.4, -0.2) is 12.1 Å². The van der Waals surface area contributed by atoms with Crippen molar-refractivity contribution in [3.8, 4) is 5.75 Å². The highest BCUT2D eigenvalue weighted by atomic mass is 79.9. The highest BCUT2D eigenvalue weighted by molar-refractivity contribution is 9.10. The minimum absolute atomic E-state index is 0.137. The Labute approximate surface area is 106 Å². The van der Waals surface area contributed by atoms with Crippen LogP contribution in [-0.2, 0) is 0 Å². The quantitative estimate of drug-likeness (QED) is 0.836. The largest absolute Gasteiger partial charge is 0.484 e. The third kappa shape index (κ3) is 2.19. The first kappa shape index (κ1) is 11.8. The molecule has 0 atom stereocenters. The lowest BCUT2D eigenvalue weighted by molar-refractivity contribution is 0.116. The Morgan fingerprint density at radius 2 is 2.06 bits per heavy atom. The molecule has 0 bridgehead atoms. The van der Waals surface area contributed by atoms with E-state index in [0.29, 0.717) is 5.92 Å². The van der Waals surface area contributed by atoms with Gasteiger partial charge in [-0.15, -0.1) is 0 Å². The van der Waals surface area contributed by atoms with Crippen LogP contribution in [0.25, 0.3) is 0 Å². The van der Waals surface area contributed by atoms with Gasteiger partial charge in [-0.3, -0.25) is 0 Å². The monoisotopic (exact) mass is 283 g/mol. The van der Waals surface area contributed by atoms with Gasteiger partial charge in [-0.1, -0.05) is 13.8 Å². The van der Waals surface area contributed by atoms with Gasteiger partial charge in [0.2, 0.25) is 0 Å². The van der Waals surface area contributed by atoms with Gasteiger partial charge in [-0.2, -0.15) is 0 Å². The lowest BCUT2D eigenvalue weighted by atomic mass is 10.0. The Hall–Kier alpha value is -0.700. The van der Waals surface area contributed by atoms with Gasteiger partial charge in [-0.25, -0.2) is 0 Å². The van der Waals surface area contributed by atoms with Crippen molar-refractivity contribution in [2.45, 2.75) is 39.2 Å². The summed E-state index contributed by atoms with van der Waals surface area (Å²) >= 11 is 3.60. The van der Waals surface area contributed by atoms with E-state index in [-0.39, 0.29) is 5.60 Å². The number of rotatable bonds is 1. The molecule has 0 aromatic heterocycles. The summed E-state index contributed by atoms with van der Waals surface area (Å²) in [7, 11) is 0. The summed E-state index contributed by atoms with van der Waals surface area (Å²) in [4.78, 5) is 0. The molecular formula is C13H18BrNO. The molecule has 1 N–H and O–H groups in total. The van der Waals surface area contributed by atoms with Crippen molar-refractivity contribution < 1.29 is 4.74 Å². The molecule has 2 nitrogen and oxygen atoms in total. The van der Waals surface area contributed by atoms with Crippen LogP contribution in [0.2, 0.25) is 0 Å². The second kappa shape index (κ2) is 3.95. The maximum Gasteiger partial charge on any atom is 0.144 e. The molecule has 0 saturated carbocycles. The van der Waals surface area contributed by atoms with Gasteiger partial charge in [0.05, 0.1) is 12.2 Å². The SMILES string of the molecule is CC(C)c1cc(Br)c2c(c1)OC(C)(C)CN2. The molecule has 1 aliphatic heterocycles. The molecule has 1 aromatic rings. The van der Waals surface area contributed by atoms with Gasteiger partial charge in [0.1, 0.15) is 11.4 Å². The van der Waals surface area contributed by atoms with E-state index in [1.165, 1.54) is 5.56 Å². The van der Waals surface area contributed by atoms with Crippen molar-refractivity contribution in [2.24, 2.45) is 0 Å². The zero-order chi connectivity index (χ0) is 11.9. The fraction of sp³-hybridized carbons (Fsp3) is 0.538. The van der Waals surface area contributed by atoms with Gasteiger partial charge >= 0.3 is 0 Å². The zero-order valence-corrected chi connectivity index (χ0v) is 11.8. The number of benzene rings is 1. The molecule has 3 heteroatoms. The van der Waals surface area contributed by atoms with E-state index in [1.807, 2.05) is 0 Å². The molecule has 0 unspecified atom stereocenters. The van der Waals surface area contributed by atoms with Gasteiger partial charge in [0.15, 0.2) is 0 Å². The summed E-state index contributed by atoms with van der Waals surface area (Å²) in [5, 5.41) is 3.42. The Morgan fingerprint density at radius 3 is 2.69 bits per heavy atom. The van der Waals surface area contributed by atoms with E-state index < -0.39 is 0 Å². The van der Waals surface area contributed by atoms with Crippen LogP contribution in [0.3, 0.4) is 0 Å². The minimum Gasteiger partial charge on any atom is -0.484 e. The standard InChI is InChI=1S/C13H18BrNO/c1-8(2)9-5-10(14)12-11(6-9)16-13(3,4)7-15-12/h5-6,8,15H,7H2,1-4H3. The van der Waals surface area contributed by atoms with Crippen LogP contribution in [0, 0.1) is 0 Å². The highest BCUT2D eigenvalue weighted by Crippen LogP contribution is 2.40. The van der Waals surface area contributed by atoms with Gasteiger partial charge < -0.3 is 10.1 Å². The molecule has 16 heavy (non-hydrogen) atoms. The molecule has 88 valence electrons. The average Bonchev–Trinajstić information content (AvgIpc) is 2.14. The molecule has 0 amide bonds. The number of halogens is 1. The summed E-state index contributed by atoms with van der Waals surface area (Å²) in [5.41, 5.74) is 2.23. The van der Waals surface area contributed by atoms with Crippen LogP contribution in [0.15, 0.2) is 16.6 Å². The fourth-order valence-electron chi connectivity index (χ4n) is 1.82. The lowest BCUT2D eigenvalue weighted by Crippen LogP contribution is -2.40. The van der Waals surface area contributed by atoms with E-state index in [9.17, 15) is 0 Å². The summed E-state index contributed by atoms with van der Waals surface area (Å²) in [6.07, 6.45) is 0. The van der Waals surface area contributed by atoms with Crippen molar-refractivity contribution in [1.82, 2.24) is 0 Å². The number of fused-ring (bicyclic) bond motifs is 1. The molecule has 1 aliphatic rings. The van der Waals surface area contributed by atoms with Crippen LogP contribution in [0.1, 0.15) is 39.2 Å². The molecule has 1 heterocycles. The highest BCUT2D eigenvalue weighted by Gasteiger charge is 2.27. The second-order valence-electron chi connectivity index (χ2n) is 5.25. The first-order valence-electron chi connectivity index (χ1n) is 5.65. The van der Waals surface area contributed by atoms with Gasteiger partial charge in [0.25, 0.3) is 0 Å². The van der Waals surface area contributed by atoms with Crippen molar-refractivity contribution in [3.63, 3.8) is 0 Å². The van der Waals surface area contributed by atoms with Crippen molar-refractivity contribution >= 4 is 21.6 Å². The van der Waals surface area contributed by atoms with E-state index in [4.69, 9.17) is 4.74 Å². The molecular weight excluding hydrogens is 266 g/mol. The Bertz CT molecular complexity index is 413. The summed E-state index contributed by atoms with van der Waals surface area (Å²) in [6.45, 7) is 9.41. The zero-order valence-electron chi connectivity index (χ0n) is 10.2. The molecule has 0 spiro atoms. The number of hydrogen-bond acceptors (Lipinski definition) is 2. The summed E-state index contributed by atoms with van der Waals surface area (Å²) in [5.74, 6) is 1.46. The molecule has 0 fully saturated rings. The van der Waals surface area contributed by atoms with Crippen LogP contribution >= 0.6 is 15.9 Å². The van der Waals surface area contributed by atoms with Crippen molar-refractivity contribution in [1.29, 1.82) is 0 Å². The molecule has 0 aliphatic carbocycles. The molecule has 2 rings (SSSR count). The minimum atomic E-state index is -0.137. The van der Waals surface area contributed by atoms with Crippen LogP contribution in [0.5, 0.6) is 5.75 Å². The van der Waals surface area contributed by atoms with Gasteiger partial charge in [0, 0.05) is 4.47 Å². The van der Waals surface area contributed by atoms with Crippen molar-refractivity contribution in [2.75, 3.05) is 11.9 Å². The van der Waals surface area contributed by atoms with E-state index >= 15 is 0 Å². The smallest absolute Gasteiger partial charge is 0.144 e. The third-order valence-corrected chi connectivity index (χ3v) is 3.45. The van der Waals surface area contributed by atoms with Crippen LogP contribution in [0.4, 0.5) is 5.69 Å². The van der Waals surface area contributed by atoms with E-state index in [0.717, 1.165) is 22.5 Å². The number of ether oxygens (including phenoxy) is 1. The maximum atomic E-state index is 6.00. The maximum absolute atomic E-state index is 6.00. The number of nitrogens with one attached hydrogen (secondary N) is 1. The summed E-state index contributed by atoms with van der Waals surface area (Å²) in [6, 6.07) is 4.30. The fourth-order valence-corrected chi connectivity index (χ4v) is 2.42. The summed E-state index contributed by atoms with van der Waals surface area (Å²) < 4.78 is 7.09. The molecule has 0 saturated heterocycles. The van der Waals surface area contributed by atoms with E-state index in [2.05, 4.69) is 61.1 Å². The lowest BCUT2D eigenvalue weighted by Gasteiger charge is -2.34. The van der Waals surface area contributed by atoms with Gasteiger partial charge in [-0.05, 0) is 53.4 Å². The second-order valence-corrected chi connectivity index (χ2v) is 6.10. The molecule has 0 radical (unpaired) electrons. The molecule has 1 aromatic carbocycles. The number of anilines is 1. The Balaban J connectivity index is 2.45. The number of hydrogen-bond donors (Lipinski definition) is 1. The predicted octanol–water partition coefficient (Wildman–Crippen LogP) is 4.16.